The molecule has 0 bridgehead atoms. The molecule has 4 heterocycles. The summed E-state index contributed by atoms with van der Waals surface area (Å²) in [6.45, 7) is 0.848. The van der Waals surface area contributed by atoms with Crippen LogP contribution < -0.4 is 9.62 Å². The van der Waals surface area contributed by atoms with Crippen LogP contribution in [0, 0.1) is 0 Å². The molecule has 1 aromatic carbocycles. The number of hydrogen-bond donors (Lipinski definition) is 1. The standard InChI is InChI=1S/C19H19ClN4O4S2/c20-14-3-4-16-13(10-14)12-28-19(25)24(16)15-5-8-22(9-6-15)30(26,27)18-2-1-7-23-17(18)11-21-29-23/h1-4,7,10-11,15,21H,5-6,8-9,12H2. The van der Waals surface area contributed by atoms with Crippen molar-refractivity contribution in [1.29, 1.82) is 0 Å². The Bertz CT molecular complexity index is 1090. The maximum absolute atomic E-state index is 13.3. The van der Waals surface area contributed by atoms with Crippen molar-refractivity contribution in [3.05, 3.63) is 63.9 Å². The van der Waals surface area contributed by atoms with Gasteiger partial charge in [-0.25, -0.2) is 13.2 Å². The predicted octanol–water partition coefficient (Wildman–Crippen LogP) is 3.31. The number of sulfonamides is 1. The van der Waals surface area contributed by atoms with Crippen LogP contribution in [0.15, 0.2) is 53.4 Å². The molecule has 0 atom stereocenters. The summed E-state index contributed by atoms with van der Waals surface area (Å²) in [7, 11) is -3.65. The van der Waals surface area contributed by atoms with Crippen molar-refractivity contribution in [2.24, 2.45) is 0 Å². The molecule has 30 heavy (non-hydrogen) atoms. The first-order chi connectivity index (χ1) is 14.4. The molecule has 0 aliphatic carbocycles. The van der Waals surface area contributed by atoms with Crippen molar-refractivity contribution in [1.82, 2.24) is 13.3 Å². The fourth-order valence-electron chi connectivity index (χ4n) is 4.09. The number of benzene rings is 1. The van der Waals surface area contributed by atoms with Gasteiger partial charge in [-0.2, -0.15) is 4.31 Å². The molecule has 1 saturated heterocycles. The lowest BCUT2D eigenvalue weighted by Crippen LogP contribution is -2.50. The third-order valence-corrected chi connectivity index (χ3v) is 8.48. The largest absolute Gasteiger partial charge is 0.444 e. The number of nitrogens with one attached hydrogen (secondary N) is 1. The van der Waals surface area contributed by atoms with Gasteiger partial charge < -0.3 is 9.46 Å². The Morgan fingerprint density at radius 1 is 1.23 bits per heavy atom. The fourth-order valence-corrected chi connectivity index (χ4v) is 6.64. The summed E-state index contributed by atoms with van der Waals surface area (Å²) in [5, 5.41) is 0.588. The van der Waals surface area contributed by atoms with E-state index < -0.39 is 16.1 Å². The molecule has 0 spiro atoms. The number of amides is 1. The van der Waals surface area contributed by atoms with Gasteiger partial charge in [0.2, 0.25) is 10.0 Å². The minimum absolute atomic E-state index is 0.135. The monoisotopic (exact) mass is 466 g/mol. The molecule has 1 N–H and O–H groups in total. The average Bonchev–Trinajstić information content (AvgIpc) is 3.23. The number of ether oxygens (including phenoxy) is 1. The van der Waals surface area contributed by atoms with Gasteiger partial charge in [0.25, 0.3) is 0 Å². The number of carbonyl (C=O) groups excluding carboxylic acids is 1. The number of nitrogens with zero attached hydrogens (tertiary/aromatic N) is 3. The normalized spacial score (nSPS) is 22.1. The molecule has 0 saturated carbocycles. The highest BCUT2D eigenvalue weighted by atomic mass is 35.5. The van der Waals surface area contributed by atoms with E-state index in [-0.39, 0.29) is 17.6 Å². The Labute approximate surface area is 184 Å². The molecule has 1 amide bonds. The number of hydrogen-bond acceptors (Lipinski definition) is 7. The molecule has 4 aliphatic heterocycles. The second kappa shape index (κ2) is 7.52. The number of carbonyl (C=O) groups is 1. The van der Waals surface area contributed by atoms with Gasteiger partial charge in [0, 0.05) is 42.1 Å². The molecule has 11 heteroatoms. The number of cyclic esters (lactones) is 1. The van der Waals surface area contributed by atoms with Crippen LogP contribution in [-0.2, 0) is 21.4 Å². The van der Waals surface area contributed by atoms with E-state index in [4.69, 9.17) is 16.3 Å². The Morgan fingerprint density at radius 2 is 2.03 bits per heavy atom. The molecule has 5 rings (SSSR count). The van der Waals surface area contributed by atoms with Crippen LogP contribution in [-0.4, -0.2) is 42.3 Å². The number of halogens is 1. The lowest BCUT2D eigenvalue weighted by Gasteiger charge is -2.40. The molecule has 8 nitrogen and oxygen atoms in total. The van der Waals surface area contributed by atoms with Gasteiger partial charge in [-0.1, -0.05) is 11.6 Å². The summed E-state index contributed by atoms with van der Waals surface area (Å²) in [5.41, 5.74) is 2.26. The van der Waals surface area contributed by atoms with Crippen molar-refractivity contribution in [3.63, 3.8) is 0 Å². The van der Waals surface area contributed by atoms with E-state index in [0.29, 0.717) is 36.7 Å². The van der Waals surface area contributed by atoms with E-state index in [1.165, 1.54) is 16.4 Å². The summed E-state index contributed by atoms with van der Waals surface area (Å²) in [4.78, 5) is 14.4. The van der Waals surface area contributed by atoms with E-state index in [0.717, 1.165) is 11.3 Å². The average molecular weight is 467 g/mol. The fraction of sp³-hybridized carbons (Fsp3) is 0.316. The first kappa shape index (κ1) is 19.8. The molecule has 0 radical (unpaired) electrons. The van der Waals surface area contributed by atoms with E-state index in [2.05, 4.69) is 4.72 Å². The molecule has 4 aliphatic rings. The van der Waals surface area contributed by atoms with Gasteiger partial charge in [0.1, 0.15) is 11.5 Å². The van der Waals surface area contributed by atoms with Crippen molar-refractivity contribution in [2.45, 2.75) is 25.5 Å². The van der Waals surface area contributed by atoms with Crippen molar-refractivity contribution >= 4 is 45.5 Å². The first-order valence-corrected chi connectivity index (χ1v) is 12.1. The summed E-state index contributed by atoms with van der Waals surface area (Å²) >= 11 is 7.39. The maximum Gasteiger partial charge on any atom is 0.414 e. The smallest absolute Gasteiger partial charge is 0.414 e. The zero-order chi connectivity index (χ0) is 20.9. The van der Waals surface area contributed by atoms with Gasteiger partial charge in [-0.3, -0.25) is 9.21 Å². The van der Waals surface area contributed by atoms with Crippen LogP contribution >= 0.6 is 23.7 Å². The molecule has 1 aromatic rings. The van der Waals surface area contributed by atoms with Crippen LogP contribution in [0.1, 0.15) is 18.4 Å². The van der Waals surface area contributed by atoms with Gasteiger partial charge in [-0.05, 0) is 43.2 Å². The quantitative estimate of drug-likeness (QED) is 0.684. The van der Waals surface area contributed by atoms with Gasteiger partial charge >= 0.3 is 6.09 Å². The van der Waals surface area contributed by atoms with E-state index >= 15 is 0 Å². The lowest BCUT2D eigenvalue weighted by molar-refractivity contribution is 0.136. The Balaban J connectivity index is 1.34. The van der Waals surface area contributed by atoms with Crippen molar-refractivity contribution in [2.75, 3.05) is 18.0 Å². The number of piperidine rings is 1. The zero-order valence-corrected chi connectivity index (χ0v) is 18.2. The number of anilines is 1. The molecule has 0 unspecified atom stereocenters. The molecular formula is C19H19ClN4O4S2. The number of fused-ring (bicyclic) bond motifs is 2. The summed E-state index contributed by atoms with van der Waals surface area (Å²) in [6.07, 6.45) is 7.50. The Kier molecular flexibility index (Phi) is 4.97. The minimum Gasteiger partial charge on any atom is -0.444 e. The van der Waals surface area contributed by atoms with Crippen molar-refractivity contribution in [3.8, 4) is 0 Å². The van der Waals surface area contributed by atoms with E-state index in [1.54, 1.807) is 39.7 Å². The Morgan fingerprint density at radius 3 is 2.83 bits per heavy atom. The highest BCUT2D eigenvalue weighted by Gasteiger charge is 2.39. The molecule has 0 aromatic heterocycles. The Hall–Kier alpha value is -2.14. The predicted molar refractivity (Wildman–Crippen MR) is 116 cm³/mol. The third-order valence-electron chi connectivity index (χ3n) is 5.56. The number of rotatable bonds is 3. The van der Waals surface area contributed by atoms with Crippen LogP contribution in [0.4, 0.5) is 10.5 Å². The summed E-state index contributed by atoms with van der Waals surface area (Å²) in [5.74, 6) is 0. The van der Waals surface area contributed by atoms with E-state index in [9.17, 15) is 13.2 Å². The second-order valence-corrected chi connectivity index (χ2v) is 10.4. The minimum atomic E-state index is -3.65. The van der Waals surface area contributed by atoms with Crippen molar-refractivity contribution < 1.29 is 17.9 Å². The summed E-state index contributed by atoms with van der Waals surface area (Å²) < 4.78 is 38.1. The SMILES string of the molecule is O=C1OCc2cc(Cl)ccc2N1C1CCN(S(=O)(=O)C2=CC=CN3SNC=C23)CC1. The second-order valence-electron chi connectivity index (χ2n) is 7.27. The van der Waals surface area contributed by atoms with Gasteiger partial charge in [-0.15, -0.1) is 0 Å². The van der Waals surface area contributed by atoms with Crippen LogP contribution in [0.3, 0.4) is 0 Å². The first-order valence-electron chi connectivity index (χ1n) is 9.50. The van der Waals surface area contributed by atoms with Gasteiger partial charge in [0.05, 0.1) is 23.5 Å². The van der Waals surface area contributed by atoms with Crippen LogP contribution in [0.5, 0.6) is 0 Å². The molecule has 1 fully saturated rings. The van der Waals surface area contributed by atoms with Gasteiger partial charge in [0.15, 0.2) is 0 Å². The molecular weight excluding hydrogens is 448 g/mol. The van der Waals surface area contributed by atoms with E-state index in [1.807, 2.05) is 12.3 Å². The number of allylic oxidation sites excluding steroid dienone is 2. The summed E-state index contributed by atoms with van der Waals surface area (Å²) in [6, 6.07) is 5.24. The highest BCUT2D eigenvalue weighted by Crippen LogP contribution is 2.37. The molecule has 158 valence electrons. The van der Waals surface area contributed by atoms with Crippen LogP contribution in [0.2, 0.25) is 5.02 Å². The third kappa shape index (κ3) is 3.27. The topological polar surface area (TPSA) is 82.2 Å². The zero-order valence-electron chi connectivity index (χ0n) is 15.8. The maximum atomic E-state index is 13.3. The highest BCUT2D eigenvalue weighted by molar-refractivity contribution is 7.96. The lowest BCUT2D eigenvalue weighted by atomic mass is 10.0. The van der Waals surface area contributed by atoms with Crippen LogP contribution in [0.25, 0.3) is 0 Å².